The van der Waals surface area contributed by atoms with Crippen LogP contribution in [-0.4, -0.2) is 33.4 Å². The van der Waals surface area contributed by atoms with Crippen LogP contribution in [0, 0.1) is 0 Å². The highest BCUT2D eigenvalue weighted by Crippen LogP contribution is 2.21. The molecule has 96 valence electrons. The largest absolute Gasteiger partial charge is 0.399 e. The molecule has 0 amide bonds. The summed E-state index contributed by atoms with van der Waals surface area (Å²) in [6.07, 6.45) is 0.747. The number of nitrogens with zero attached hydrogens (tertiary/aromatic N) is 2. The average Bonchev–Trinajstić information content (AvgIpc) is 2.27. The Kier molecular flexibility index (Phi) is 4.36. The smallest absolute Gasteiger partial charge is 0.303 e. The van der Waals surface area contributed by atoms with Gasteiger partial charge in [0.2, 0.25) is 0 Å². The average molecular weight is 257 g/mol. The van der Waals surface area contributed by atoms with Crippen LogP contribution in [-0.2, 0) is 10.2 Å². The number of rotatable bonds is 5. The summed E-state index contributed by atoms with van der Waals surface area (Å²) in [5.74, 6) is 0. The van der Waals surface area contributed by atoms with E-state index in [1.54, 1.807) is 24.3 Å². The fourth-order valence-corrected chi connectivity index (χ4v) is 2.61. The number of hydrogen-bond donors (Lipinski definition) is 1. The Morgan fingerprint density at radius 1 is 1.18 bits per heavy atom. The van der Waals surface area contributed by atoms with Gasteiger partial charge in [-0.25, -0.2) is 0 Å². The van der Waals surface area contributed by atoms with Crippen LogP contribution in [0.5, 0.6) is 0 Å². The zero-order valence-electron chi connectivity index (χ0n) is 10.4. The molecule has 2 N–H and O–H groups in total. The van der Waals surface area contributed by atoms with Gasteiger partial charge in [-0.15, -0.1) is 0 Å². The number of hydrogen-bond acceptors (Lipinski definition) is 3. The van der Waals surface area contributed by atoms with Crippen LogP contribution < -0.4 is 10.0 Å². The van der Waals surface area contributed by atoms with Crippen LogP contribution >= 0.6 is 0 Å². The Morgan fingerprint density at radius 3 is 2.12 bits per heavy atom. The molecule has 0 aliphatic heterocycles. The molecule has 0 aliphatic carbocycles. The maximum Gasteiger partial charge on any atom is 0.303 e. The monoisotopic (exact) mass is 257 g/mol. The lowest BCUT2D eigenvalue weighted by Crippen LogP contribution is -2.40. The van der Waals surface area contributed by atoms with Gasteiger partial charge in [0.1, 0.15) is 0 Å². The van der Waals surface area contributed by atoms with E-state index in [1.807, 2.05) is 6.92 Å². The first-order chi connectivity index (χ1) is 7.89. The highest BCUT2D eigenvalue weighted by Gasteiger charge is 2.23. The molecule has 1 aromatic rings. The van der Waals surface area contributed by atoms with Crippen LogP contribution in [0.2, 0.25) is 0 Å². The van der Waals surface area contributed by atoms with Gasteiger partial charge in [0.15, 0.2) is 0 Å². The van der Waals surface area contributed by atoms with Crippen molar-refractivity contribution >= 4 is 21.6 Å². The van der Waals surface area contributed by atoms with E-state index >= 15 is 0 Å². The predicted octanol–water partition coefficient (Wildman–Crippen LogP) is 1.29. The highest BCUT2D eigenvalue weighted by molar-refractivity contribution is 7.90. The number of benzene rings is 1. The van der Waals surface area contributed by atoms with Crippen molar-refractivity contribution in [2.75, 3.05) is 30.7 Å². The van der Waals surface area contributed by atoms with Gasteiger partial charge < -0.3 is 5.73 Å². The summed E-state index contributed by atoms with van der Waals surface area (Å²) in [6, 6.07) is 6.82. The lowest BCUT2D eigenvalue weighted by Gasteiger charge is -2.27. The van der Waals surface area contributed by atoms with E-state index in [0.717, 1.165) is 6.42 Å². The molecule has 0 radical (unpaired) electrons. The third-order valence-corrected chi connectivity index (χ3v) is 4.22. The zero-order valence-corrected chi connectivity index (χ0v) is 11.2. The summed E-state index contributed by atoms with van der Waals surface area (Å²) in [6.45, 7) is 2.39. The molecule has 0 spiro atoms. The minimum absolute atomic E-state index is 0.449. The summed E-state index contributed by atoms with van der Waals surface area (Å²) in [5, 5.41) is 0. The lowest BCUT2D eigenvalue weighted by molar-refractivity contribution is 0.515. The highest BCUT2D eigenvalue weighted by atomic mass is 32.2. The van der Waals surface area contributed by atoms with Crippen molar-refractivity contribution in [1.82, 2.24) is 4.31 Å². The summed E-state index contributed by atoms with van der Waals surface area (Å²) in [7, 11) is -0.395. The van der Waals surface area contributed by atoms with E-state index in [-0.39, 0.29) is 0 Å². The fourth-order valence-electron chi connectivity index (χ4n) is 1.42. The molecule has 0 fully saturated rings. The van der Waals surface area contributed by atoms with Crippen molar-refractivity contribution in [2.24, 2.45) is 0 Å². The summed E-state index contributed by atoms with van der Waals surface area (Å²) in [4.78, 5) is 0. The van der Waals surface area contributed by atoms with Crippen molar-refractivity contribution in [1.29, 1.82) is 0 Å². The molecular weight excluding hydrogens is 238 g/mol. The van der Waals surface area contributed by atoms with Gasteiger partial charge >= 0.3 is 10.2 Å². The SMILES string of the molecule is CCCN(c1ccc(N)cc1)S(=O)(=O)N(C)C. The number of anilines is 2. The molecule has 17 heavy (non-hydrogen) atoms. The third-order valence-electron chi connectivity index (χ3n) is 2.35. The molecule has 0 saturated carbocycles. The number of nitrogen functional groups attached to an aromatic ring is 1. The molecule has 5 nitrogen and oxygen atoms in total. The first-order valence-corrected chi connectivity index (χ1v) is 6.85. The second-order valence-corrected chi connectivity index (χ2v) is 6.02. The van der Waals surface area contributed by atoms with Crippen molar-refractivity contribution in [2.45, 2.75) is 13.3 Å². The van der Waals surface area contributed by atoms with E-state index < -0.39 is 10.2 Å². The van der Waals surface area contributed by atoms with Gasteiger partial charge in [-0.05, 0) is 30.7 Å². The van der Waals surface area contributed by atoms with E-state index in [4.69, 9.17) is 5.73 Å². The molecule has 0 bridgehead atoms. The van der Waals surface area contributed by atoms with E-state index in [9.17, 15) is 8.42 Å². The van der Waals surface area contributed by atoms with Crippen molar-refractivity contribution < 1.29 is 8.42 Å². The van der Waals surface area contributed by atoms with E-state index in [1.165, 1.54) is 22.7 Å². The van der Waals surface area contributed by atoms with Crippen molar-refractivity contribution in [3.8, 4) is 0 Å². The molecule has 6 heteroatoms. The van der Waals surface area contributed by atoms with E-state index in [2.05, 4.69) is 0 Å². The first-order valence-electron chi connectivity index (χ1n) is 5.45. The predicted molar refractivity (Wildman–Crippen MR) is 71.1 cm³/mol. The fraction of sp³-hybridized carbons (Fsp3) is 0.455. The molecule has 0 saturated heterocycles. The van der Waals surface area contributed by atoms with Gasteiger partial charge in [0.05, 0.1) is 5.69 Å². The molecule has 1 aromatic carbocycles. The van der Waals surface area contributed by atoms with Gasteiger partial charge in [0, 0.05) is 26.3 Å². The van der Waals surface area contributed by atoms with Gasteiger partial charge in [0.25, 0.3) is 0 Å². The Bertz CT molecular complexity index is 454. The Balaban J connectivity index is 3.14. The quantitative estimate of drug-likeness (QED) is 0.808. The molecule has 1 rings (SSSR count). The topological polar surface area (TPSA) is 66.6 Å². The standard InChI is InChI=1S/C11H19N3O2S/c1-4-9-14(17(15,16)13(2)3)11-7-5-10(12)6-8-11/h5-8H,4,9,12H2,1-3H3. The molecule has 0 aliphatic rings. The van der Waals surface area contributed by atoms with E-state index in [0.29, 0.717) is 17.9 Å². The molecule has 0 aromatic heterocycles. The third kappa shape index (κ3) is 3.10. The van der Waals surface area contributed by atoms with Crippen LogP contribution in [0.1, 0.15) is 13.3 Å². The number of nitrogens with two attached hydrogens (primary N) is 1. The molecule has 0 heterocycles. The summed E-state index contributed by atoms with van der Waals surface area (Å²) >= 11 is 0. The molecule has 0 unspecified atom stereocenters. The van der Waals surface area contributed by atoms with Gasteiger partial charge in [-0.1, -0.05) is 6.92 Å². The van der Waals surface area contributed by atoms with Crippen molar-refractivity contribution in [3.05, 3.63) is 24.3 Å². The second-order valence-electron chi connectivity index (χ2n) is 3.95. The second kappa shape index (κ2) is 5.37. The van der Waals surface area contributed by atoms with Crippen molar-refractivity contribution in [3.63, 3.8) is 0 Å². The molecule has 0 atom stereocenters. The Hall–Kier alpha value is -1.27. The summed E-state index contributed by atoms with van der Waals surface area (Å²) < 4.78 is 26.8. The Morgan fingerprint density at radius 2 is 1.71 bits per heavy atom. The normalized spacial score (nSPS) is 11.8. The van der Waals surface area contributed by atoms with Gasteiger partial charge in [-0.2, -0.15) is 12.7 Å². The summed E-state index contributed by atoms with van der Waals surface area (Å²) in [5.41, 5.74) is 6.84. The van der Waals surface area contributed by atoms with Crippen LogP contribution in [0.15, 0.2) is 24.3 Å². The minimum Gasteiger partial charge on any atom is -0.399 e. The minimum atomic E-state index is -3.44. The van der Waals surface area contributed by atoms with Crippen LogP contribution in [0.25, 0.3) is 0 Å². The molecular formula is C11H19N3O2S. The maximum absolute atomic E-state index is 12.1. The Labute approximate surface area is 103 Å². The van der Waals surface area contributed by atoms with Crippen LogP contribution in [0.3, 0.4) is 0 Å². The maximum atomic E-state index is 12.1. The lowest BCUT2D eigenvalue weighted by atomic mass is 10.3. The first kappa shape index (κ1) is 13.8. The zero-order chi connectivity index (χ0) is 13.1. The van der Waals surface area contributed by atoms with Crippen LogP contribution in [0.4, 0.5) is 11.4 Å². The van der Waals surface area contributed by atoms with Gasteiger partial charge in [-0.3, -0.25) is 4.31 Å².